The van der Waals surface area contributed by atoms with Crippen LogP contribution in [0.4, 0.5) is 5.69 Å². The number of amides is 1. The van der Waals surface area contributed by atoms with Crippen LogP contribution >= 0.6 is 23.4 Å². The Morgan fingerprint density at radius 1 is 1.48 bits per heavy atom. The second kappa shape index (κ2) is 8.21. The largest absolute Gasteiger partial charge is 0.343 e. The van der Waals surface area contributed by atoms with Crippen molar-refractivity contribution >= 4 is 35.0 Å². The third kappa shape index (κ3) is 4.62. The molecule has 1 amide bonds. The predicted molar refractivity (Wildman–Crippen MR) is 93.2 cm³/mol. The normalized spacial score (nSPS) is 12.1. The van der Waals surface area contributed by atoms with Gasteiger partial charge in [0.05, 0.1) is 16.0 Å². The summed E-state index contributed by atoms with van der Waals surface area (Å²) in [5.74, 6) is -0.194. The van der Waals surface area contributed by atoms with Crippen molar-refractivity contribution in [1.29, 1.82) is 0 Å². The number of unbranched alkanes of at least 4 members (excludes halogenated alkanes) is 1. The number of hydrogen-bond acceptors (Lipinski definition) is 4. The van der Waals surface area contributed by atoms with Gasteiger partial charge in [0, 0.05) is 6.54 Å². The Kier molecular flexibility index (Phi) is 6.29. The summed E-state index contributed by atoms with van der Waals surface area (Å²) in [6.07, 6.45) is 1.86. The molecule has 1 heterocycles. The van der Waals surface area contributed by atoms with E-state index in [1.165, 1.54) is 11.8 Å². The van der Waals surface area contributed by atoms with Gasteiger partial charge in [0.1, 0.15) is 0 Å². The molecule has 0 radical (unpaired) electrons. The molecular weight excluding hydrogens is 336 g/mol. The maximum atomic E-state index is 12.3. The molecule has 1 atom stereocenters. The Balaban J connectivity index is 2.04. The summed E-state index contributed by atoms with van der Waals surface area (Å²) in [5.41, 5.74) is 0.316. The lowest BCUT2D eigenvalue weighted by Crippen LogP contribution is -2.24. The highest BCUT2D eigenvalue weighted by molar-refractivity contribution is 8.00. The number of carbonyl (C=O) groups excluding carboxylic acids is 1. The number of nitrogens with zero attached hydrogens (tertiary/aromatic N) is 2. The monoisotopic (exact) mass is 354 g/mol. The number of aromatic amines is 1. The van der Waals surface area contributed by atoms with Gasteiger partial charge in [-0.25, -0.2) is 9.89 Å². The Labute approximate surface area is 143 Å². The number of benzene rings is 1. The zero-order valence-corrected chi connectivity index (χ0v) is 14.6. The zero-order chi connectivity index (χ0) is 16.8. The Morgan fingerprint density at radius 3 is 2.91 bits per heavy atom. The van der Waals surface area contributed by atoms with Crippen molar-refractivity contribution < 1.29 is 4.79 Å². The van der Waals surface area contributed by atoms with E-state index in [1.54, 1.807) is 35.8 Å². The van der Waals surface area contributed by atoms with Crippen LogP contribution in [0.25, 0.3) is 0 Å². The summed E-state index contributed by atoms with van der Waals surface area (Å²) in [5, 5.41) is 9.80. The van der Waals surface area contributed by atoms with Crippen molar-refractivity contribution in [3.8, 4) is 0 Å². The SMILES string of the molecule is CCCCn1c(S[C@@H](C)C(=O)Nc2ccccc2Cl)n[nH]c1=O. The number of rotatable bonds is 7. The molecule has 0 aliphatic heterocycles. The van der Waals surface area contributed by atoms with Crippen LogP contribution in [0.15, 0.2) is 34.2 Å². The van der Waals surface area contributed by atoms with E-state index in [9.17, 15) is 9.59 Å². The molecule has 2 aromatic rings. The minimum absolute atomic E-state index is 0.194. The molecule has 0 saturated carbocycles. The first-order valence-electron chi connectivity index (χ1n) is 7.40. The first-order chi connectivity index (χ1) is 11.0. The molecule has 2 N–H and O–H groups in total. The average Bonchev–Trinajstić information content (AvgIpc) is 2.87. The van der Waals surface area contributed by atoms with E-state index in [0.717, 1.165) is 12.8 Å². The van der Waals surface area contributed by atoms with E-state index in [0.29, 0.717) is 22.4 Å². The van der Waals surface area contributed by atoms with Crippen molar-refractivity contribution in [2.45, 2.75) is 43.6 Å². The molecule has 6 nitrogen and oxygen atoms in total. The number of nitrogens with one attached hydrogen (secondary N) is 2. The van der Waals surface area contributed by atoms with E-state index in [-0.39, 0.29) is 11.6 Å². The van der Waals surface area contributed by atoms with E-state index >= 15 is 0 Å². The minimum atomic E-state index is -0.415. The topological polar surface area (TPSA) is 79.8 Å². The van der Waals surface area contributed by atoms with Crippen molar-refractivity contribution in [2.75, 3.05) is 5.32 Å². The third-order valence-corrected chi connectivity index (χ3v) is 4.66. The Hall–Kier alpha value is -1.73. The molecule has 0 saturated heterocycles. The number of anilines is 1. The predicted octanol–water partition coefficient (Wildman–Crippen LogP) is 3.14. The summed E-state index contributed by atoms with van der Waals surface area (Å²) in [4.78, 5) is 24.0. The maximum Gasteiger partial charge on any atom is 0.343 e. The van der Waals surface area contributed by atoms with Crippen LogP contribution in [-0.2, 0) is 11.3 Å². The maximum absolute atomic E-state index is 12.3. The molecule has 1 aromatic heterocycles. The zero-order valence-electron chi connectivity index (χ0n) is 13.0. The second-order valence-corrected chi connectivity index (χ2v) is 6.76. The van der Waals surface area contributed by atoms with Gasteiger partial charge in [-0.1, -0.05) is 48.8 Å². The lowest BCUT2D eigenvalue weighted by molar-refractivity contribution is -0.115. The molecule has 0 aliphatic rings. The van der Waals surface area contributed by atoms with Gasteiger partial charge in [0.15, 0.2) is 5.16 Å². The summed E-state index contributed by atoms with van der Waals surface area (Å²) in [6, 6.07) is 7.05. The molecule has 2 rings (SSSR count). The summed E-state index contributed by atoms with van der Waals surface area (Å²) in [6.45, 7) is 4.41. The number of H-pyrrole nitrogens is 1. The molecule has 23 heavy (non-hydrogen) atoms. The molecule has 0 bridgehead atoms. The van der Waals surface area contributed by atoms with E-state index in [1.807, 2.05) is 0 Å². The lowest BCUT2D eigenvalue weighted by atomic mass is 10.3. The van der Waals surface area contributed by atoms with Crippen molar-refractivity contribution in [3.05, 3.63) is 39.8 Å². The average molecular weight is 355 g/mol. The number of para-hydroxylation sites is 1. The highest BCUT2D eigenvalue weighted by Crippen LogP contribution is 2.24. The van der Waals surface area contributed by atoms with Crippen molar-refractivity contribution in [3.63, 3.8) is 0 Å². The summed E-state index contributed by atoms with van der Waals surface area (Å²) >= 11 is 7.27. The van der Waals surface area contributed by atoms with Gasteiger partial charge < -0.3 is 5.32 Å². The van der Waals surface area contributed by atoms with Gasteiger partial charge in [0.2, 0.25) is 5.91 Å². The molecule has 0 aliphatic carbocycles. The van der Waals surface area contributed by atoms with Crippen LogP contribution in [0.5, 0.6) is 0 Å². The highest BCUT2D eigenvalue weighted by Gasteiger charge is 2.19. The molecule has 0 unspecified atom stereocenters. The van der Waals surface area contributed by atoms with E-state index < -0.39 is 5.25 Å². The number of thioether (sulfide) groups is 1. The first kappa shape index (κ1) is 17.6. The van der Waals surface area contributed by atoms with E-state index in [2.05, 4.69) is 22.4 Å². The number of aromatic nitrogens is 3. The van der Waals surface area contributed by atoms with Crippen LogP contribution in [0.2, 0.25) is 5.02 Å². The first-order valence-corrected chi connectivity index (χ1v) is 8.66. The lowest BCUT2D eigenvalue weighted by Gasteiger charge is -2.12. The molecular formula is C15H19ClN4O2S. The van der Waals surface area contributed by atoms with Crippen molar-refractivity contribution in [2.24, 2.45) is 0 Å². The minimum Gasteiger partial charge on any atom is -0.324 e. The van der Waals surface area contributed by atoms with Gasteiger partial charge in [0.25, 0.3) is 0 Å². The quantitative estimate of drug-likeness (QED) is 0.748. The number of hydrogen-bond donors (Lipinski definition) is 2. The molecule has 8 heteroatoms. The molecule has 0 fully saturated rings. The van der Waals surface area contributed by atoms with Crippen molar-refractivity contribution in [1.82, 2.24) is 14.8 Å². The molecule has 1 aromatic carbocycles. The summed E-state index contributed by atoms with van der Waals surface area (Å²) in [7, 11) is 0. The van der Waals surface area contributed by atoms with Gasteiger partial charge in [-0.2, -0.15) is 0 Å². The fourth-order valence-electron chi connectivity index (χ4n) is 1.92. The standard InChI is InChI=1S/C15H19ClN4O2S/c1-3-4-9-20-14(22)18-19-15(20)23-10(2)13(21)17-12-8-6-5-7-11(12)16/h5-8,10H,3-4,9H2,1-2H3,(H,17,21)(H,18,22)/t10-/m0/s1. The number of carbonyl (C=O) groups is 1. The van der Waals surface area contributed by atoms with Crippen LogP contribution in [-0.4, -0.2) is 25.9 Å². The number of halogens is 1. The Morgan fingerprint density at radius 2 is 2.22 bits per heavy atom. The smallest absolute Gasteiger partial charge is 0.324 e. The fraction of sp³-hybridized carbons (Fsp3) is 0.400. The van der Waals surface area contributed by atoms with Crippen LogP contribution in [0.3, 0.4) is 0 Å². The van der Waals surface area contributed by atoms with E-state index in [4.69, 9.17) is 11.6 Å². The molecule has 0 spiro atoms. The van der Waals surface area contributed by atoms with Crippen LogP contribution < -0.4 is 11.0 Å². The van der Waals surface area contributed by atoms with Crippen LogP contribution in [0, 0.1) is 0 Å². The van der Waals surface area contributed by atoms with Gasteiger partial charge in [-0.15, -0.1) is 5.10 Å². The van der Waals surface area contributed by atoms with Gasteiger partial charge in [-0.05, 0) is 25.5 Å². The van der Waals surface area contributed by atoms with Gasteiger partial charge >= 0.3 is 5.69 Å². The third-order valence-electron chi connectivity index (χ3n) is 3.24. The second-order valence-electron chi connectivity index (χ2n) is 5.05. The Bertz CT molecular complexity index is 728. The highest BCUT2D eigenvalue weighted by atomic mass is 35.5. The molecule has 124 valence electrons. The summed E-state index contributed by atoms with van der Waals surface area (Å²) < 4.78 is 1.56. The van der Waals surface area contributed by atoms with Crippen LogP contribution in [0.1, 0.15) is 26.7 Å². The fourth-order valence-corrected chi connectivity index (χ4v) is 2.98. The van der Waals surface area contributed by atoms with Gasteiger partial charge in [-0.3, -0.25) is 9.36 Å².